The molecule has 1 amide bonds. The number of nitrogens with one attached hydrogen (secondary N) is 1. The Hall–Kier alpha value is -1.59. The molecule has 1 atom stereocenters. The summed E-state index contributed by atoms with van der Waals surface area (Å²) in [5.74, 6) is 0.756. The standard InChI is InChI=1S/C18H21N3OS/c19-13-2-1-12-9-15(23-14(12)10-13)17(22)20-16-11-3-7-21(8-4-11)18(16)5-6-18/h1-2,9-11,16H,3-8,19H2,(H,20,22)/t16-/m1/s1. The van der Waals surface area contributed by atoms with Gasteiger partial charge in [-0.25, -0.2) is 0 Å². The van der Waals surface area contributed by atoms with Crippen LogP contribution >= 0.6 is 11.3 Å². The van der Waals surface area contributed by atoms with Crippen molar-refractivity contribution >= 4 is 33.0 Å². The molecule has 3 aliphatic heterocycles. The highest BCUT2D eigenvalue weighted by Crippen LogP contribution is 2.53. The maximum absolute atomic E-state index is 12.8. The molecule has 6 rings (SSSR count). The van der Waals surface area contributed by atoms with Crippen LogP contribution in [0.25, 0.3) is 10.1 Å². The largest absolute Gasteiger partial charge is 0.399 e. The second-order valence-electron chi connectivity index (χ2n) is 7.29. The average Bonchev–Trinajstić information content (AvgIpc) is 3.22. The number of nitrogens with two attached hydrogens (primary N) is 1. The molecule has 23 heavy (non-hydrogen) atoms. The van der Waals surface area contributed by atoms with E-state index in [2.05, 4.69) is 10.2 Å². The molecule has 2 bridgehead atoms. The van der Waals surface area contributed by atoms with Crippen molar-refractivity contribution in [3.8, 4) is 0 Å². The number of nitrogen functional groups attached to an aromatic ring is 1. The Bertz CT molecular complexity index is 787. The molecular weight excluding hydrogens is 306 g/mol. The number of carbonyl (C=O) groups is 1. The van der Waals surface area contributed by atoms with Crippen LogP contribution in [-0.2, 0) is 0 Å². The van der Waals surface area contributed by atoms with E-state index in [4.69, 9.17) is 5.73 Å². The minimum Gasteiger partial charge on any atom is -0.399 e. The molecule has 1 aromatic carbocycles. The molecule has 0 radical (unpaired) electrons. The first kappa shape index (κ1) is 13.8. The van der Waals surface area contributed by atoms with Crippen LogP contribution in [-0.4, -0.2) is 35.5 Å². The van der Waals surface area contributed by atoms with Crippen LogP contribution in [0.5, 0.6) is 0 Å². The van der Waals surface area contributed by atoms with Gasteiger partial charge in [0, 0.05) is 15.9 Å². The monoisotopic (exact) mass is 327 g/mol. The van der Waals surface area contributed by atoms with Crippen LogP contribution in [0.3, 0.4) is 0 Å². The number of rotatable bonds is 2. The first-order valence-corrected chi connectivity index (χ1v) is 9.32. The zero-order valence-corrected chi connectivity index (χ0v) is 13.9. The summed E-state index contributed by atoms with van der Waals surface area (Å²) in [6.45, 7) is 2.44. The maximum atomic E-state index is 12.8. The highest BCUT2D eigenvalue weighted by atomic mass is 32.1. The summed E-state index contributed by atoms with van der Waals surface area (Å²) >= 11 is 1.54. The van der Waals surface area contributed by atoms with Crippen molar-refractivity contribution in [1.29, 1.82) is 0 Å². The van der Waals surface area contributed by atoms with E-state index >= 15 is 0 Å². The molecule has 1 saturated carbocycles. The number of piperidine rings is 3. The third-order valence-corrected chi connectivity index (χ3v) is 7.13. The van der Waals surface area contributed by atoms with Crippen molar-refractivity contribution in [2.24, 2.45) is 5.92 Å². The van der Waals surface area contributed by atoms with Crippen molar-refractivity contribution < 1.29 is 4.79 Å². The predicted molar refractivity (Wildman–Crippen MR) is 93.8 cm³/mol. The molecule has 1 aromatic heterocycles. The molecule has 1 aliphatic carbocycles. The van der Waals surface area contributed by atoms with Crippen molar-refractivity contribution in [2.75, 3.05) is 18.8 Å². The molecule has 4 heterocycles. The van der Waals surface area contributed by atoms with Crippen molar-refractivity contribution in [3.05, 3.63) is 29.1 Å². The van der Waals surface area contributed by atoms with E-state index in [9.17, 15) is 4.79 Å². The molecule has 3 N–H and O–H groups in total. The zero-order chi connectivity index (χ0) is 15.6. The predicted octanol–water partition coefficient (Wildman–Crippen LogP) is 2.84. The molecule has 120 valence electrons. The summed E-state index contributed by atoms with van der Waals surface area (Å²) in [4.78, 5) is 16.2. The van der Waals surface area contributed by atoms with Crippen molar-refractivity contribution in [1.82, 2.24) is 10.2 Å². The first-order chi connectivity index (χ1) is 11.2. The Kier molecular flexibility index (Phi) is 2.83. The Morgan fingerprint density at radius 2 is 2.04 bits per heavy atom. The van der Waals surface area contributed by atoms with E-state index in [1.54, 1.807) is 11.3 Å². The van der Waals surface area contributed by atoms with Gasteiger partial charge in [-0.05, 0) is 68.3 Å². The Morgan fingerprint density at radius 1 is 1.26 bits per heavy atom. The van der Waals surface area contributed by atoms with E-state index in [1.807, 2.05) is 24.3 Å². The highest BCUT2D eigenvalue weighted by molar-refractivity contribution is 7.20. The van der Waals surface area contributed by atoms with Crippen LogP contribution in [0.1, 0.15) is 35.4 Å². The Morgan fingerprint density at radius 3 is 2.78 bits per heavy atom. The average molecular weight is 327 g/mol. The van der Waals surface area contributed by atoms with Crippen LogP contribution < -0.4 is 11.1 Å². The van der Waals surface area contributed by atoms with Gasteiger partial charge >= 0.3 is 0 Å². The van der Waals surface area contributed by atoms with Gasteiger partial charge < -0.3 is 11.1 Å². The van der Waals surface area contributed by atoms with Gasteiger partial charge in [0.05, 0.1) is 10.9 Å². The van der Waals surface area contributed by atoms with E-state index in [-0.39, 0.29) is 11.4 Å². The summed E-state index contributed by atoms with van der Waals surface area (Å²) in [7, 11) is 0. The van der Waals surface area contributed by atoms with E-state index < -0.39 is 0 Å². The molecule has 1 spiro atoms. The van der Waals surface area contributed by atoms with Gasteiger partial charge in [0.15, 0.2) is 0 Å². The second kappa shape index (κ2) is 4.71. The fourth-order valence-electron chi connectivity index (χ4n) is 4.69. The molecule has 3 saturated heterocycles. The van der Waals surface area contributed by atoms with E-state index in [0.29, 0.717) is 12.0 Å². The summed E-state index contributed by atoms with van der Waals surface area (Å²) < 4.78 is 1.09. The van der Waals surface area contributed by atoms with Gasteiger partial charge in [-0.3, -0.25) is 9.69 Å². The quantitative estimate of drug-likeness (QED) is 0.834. The van der Waals surface area contributed by atoms with Crippen LogP contribution in [0, 0.1) is 5.92 Å². The molecule has 5 heteroatoms. The summed E-state index contributed by atoms with van der Waals surface area (Å²) in [5.41, 5.74) is 6.88. The van der Waals surface area contributed by atoms with Crippen LogP contribution in [0.15, 0.2) is 24.3 Å². The van der Waals surface area contributed by atoms with Gasteiger partial charge in [0.2, 0.25) is 0 Å². The fraction of sp³-hybridized carbons (Fsp3) is 0.500. The minimum atomic E-state index is 0.0924. The maximum Gasteiger partial charge on any atom is 0.261 e. The topological polar surface area (TPSA) is 58.4 Å². The normalized spacial score (nSPS) is 30.7. The summed E-state index contributed by atoms with van der Waals surface area (Å²) in [5, 5.41) is 4.49. The van der Waals surface area contributed by atoms with Gasteiger partial charge in [-0.1, -0.05) is 6.07 Å². The lowest BCUT2D eigenvalue weighted by atomic mass is 9.77. The van der Waals surface area contributed by atoms with Gasteiger partial charge in [-0.2, -0.15) is 0 Å². The van der Waals surface area contributed by atoms with Crippen molar-refractivity contribution in [2.45, 2.75) is 37.3 Å². The molecular formula is C18H21N3OS. The number of benzene rings is 1. The number of anilines is 1. The fourth-order valence-corrected chi connectivity index (χ4v) is 5.71. The van der Waals surface area contributed by atoms with E-state index in [0.717, 1.165) is 20.7 Å². The summed E-state index contributed by atoms with van der Waals surface area (Å²) in [6, 6.07) is 8.17. The third-order valence-electron chi connectivity index (χ3n) is 6.04. The molecule has 0 unspecified atom stereocenters. The molecule has 2 aromatic rings. The summed E-state index contributed by atoms with van der Waals surface area (Å²) in [6.07, 6.45) is 4.96. The number of fused-ring (bicyclic) bond motifs is 3. The van der Waals surface area contributed by atoms with Gasteiger partial charge in [0.1, 0.15) is 0 Å². The number of amides is 1. The number of nitrogens with zero attached hydrogens (tertiary/aromatic N) is 1. The van der Waals surface area contributed by atoms with E-state index in [1.165, 1.54) is 38.8 Å². The smallest absolute Gasteiger partial charge is 0.261 e. The molecule has 4 nitrogen and oxygen atoms in total. The molecule has 4 fully saturated rings. The lowest BCUT2D eigenvalue weighted by Gasteiger charge is -2.52. The Labute approximate surface area is 139 Å². The lowest BCUT2D eigenvalue weighted by molar-refractivity contribution is -0.00138. The van der Waals surface area contributed by atoms with Crippen molar-refractivity contribution in [3.63, 3.8) is 0 Å². The first-order valence-electron chi connectivity index (χ1n) is 8.51. The van der Waals surface area contributed by atoms with Gasteiger partial charge in [-0.15, -0.1) is 11.3 Å². The lowest BCUT2D eigenvalue weighted by Crippen LogP contribution is -2.65. The number of thiophene rings is 1. The number of hydrogen-bond acceptors (Lipinski definition) is 4. The zero-order valence-electron chi connectivity index (χ0n) is 13.0. The van der Waals surface area contributed by atoms with Gasteiger partial charge in [0.25, 0.3) is 5.91 Å². The SMILES string of the molecule is Nc1ccc2cc(C(=O)N[C@@H]3C4CCN(CC4)C34CC4)sc2c1. The molecule has 4 aliphatic rings. The van der Waals surface area contributed by atoms with Crippen LogP contribution in [0.2, 0.25) is 0 Å². The highest BCUT2D eigenvalue weighted by Gasteiger charge is 2.60. The second-order valence-corrected chi connectivity index (χ2v) is 8.37. The van der Waals surface area contributed by atoms with Crippen LogP contribution in [0.4, 0.5) is 5.69 Å². The number of hydrogen-bond donors (Lipinski definition) is 2. The number of carbonyl (C=O) groups excluding carboxylic acids is 1. The third kappa shape index (κ3) is 2.03. The minimum absolute atomic E-state index is 0.0924. The Balaban J connectivity index is 1.42.